The van der Waals surface area contributed by atoms with Crippen LogP contribution in [-0.4, -0.2) is 65.9 Å². The lowest BCUT2D eigenvalue weighted by Gasteiger charge is -2.28. The molecule has 90 valence electrons. The van der Waals surface area contributed by atoms with Crippen molar-refractivity contribution in [2.75, 3.05) is 6.61 Å². The van der Waals surface area contributed by atoms with E-state index in [-0.39, 0.29) is 4.90 Å². The van der Waals surface area contributed by atoms with Gasteiger partial charge in [-0.05, 0) is 0 Å². The highest BCUT2D eigenvalue weighted by Crippen LogP contribution is 2.30. The molecule has 0 unspecified atom stereocenters. The van der Waals surface area contributed by atoms with Crippen molar-refractivity contribution in [2.45, 2.75) is 30.4 Å². The van der Waals surface area contributed by atoms with Gasteiger partial charge in [-0.25, -0.2) is 4.39 Å². The van der Waals surface area contributed by atoms with Crippen LogP contribution in [0.3, 0.4) is 0 Å². The number of aliphatic hydroxyl groups excluding tert-OH is 2. The number of hydrogen-bond donors (Lipinski definition) is 2. The maximum absolute atomic E-state index is 13.1. The summed E-state index contributed by atoms with van der Waals surface area (Å²) in [6, 6.07) is -1.68. The first kappa shape index (κ1) is 13.2. The molecular formula is C7H8BF4NO3. The molecule has 2 radical (unpaired) electrons. The molecule has 0 saturated carbocycles. The van der Waals surface area contributed by atoms with Crippen molar-refractivity contribution in [3.63, 3.8) is 0 Å². The Labute approximate surface area is 89.2 Å². The highest BCUT2D eigenvalue weighted by molar-refractivity contribution is 6.14. The fourth-order valence-electron chi connectivity index (χ4n) is 1.58. The number of carbonyl (C=O) groups excluding carboxylic acids is 1. The van der Waals surface area contributed by atoms with Gasteiger partial charge in [0.05, 0.1) is 12.6 Å². The van der Waals surface area contributed by atoms with Gasteiger partial charge in [-0.3, -0.25) is 4.79 Å². The third-order valence-corrected chi connectivity index (χ3v) is 2.39. The third kappa shape index (κ3) is 2.01. The van der Waals surface area contributed by atoms with E-state index in [4.69, 9.17) is 18.1 Å². The summed E-state index contributed by atoms with van der Waals surface area (Å²) in [4.78, 5) is 10.8. The molecule has 1 aliphatic rings. The Morgan fingerprint density at radius 2 is 1.94 bits per heavy atom. The summed E-state index contributed by atoms with van der Waals surface area (Å²) in [5, 5.41) is 17.9. The molecule has 9 heteroatoms. The van der Waals surface area contributed by atoms with Crippen LogP contribution < -0.4 is 0 Å². The molecule has 0 aromatic carbocycles. The lowest BCUT2D eigenvalue weighted by atomic mass is 9.92. The van der Waals surface area contributed by atoms with E-state index >= 15 is 0 Å². The molecule has 1 heterocycles. The molecule has 4 nitrogen and oxygen atoms in total. The summed E-state index contributed by atoms with van der Waals surface area (Å²) < 4.78 is 49.4. The quantitative estimate of drug-likeness (QED) is 0.454. The van der Waals surface area contributed by atoms with Crippen molar-refractivity contribution in [3.8, 4) is 0 Å². The van der Waals surface area contributed by atoms with Crippen LogP contribution in [0.25, 0.3) is 0 Å². The molecular weight excluding hydrogens is 233 g/mol. The number of rotatable bonds is 1. The van der Waals surface area contributed by atoms with Gasteiger partial charge in [-0.15, -0.1) is 0 Å². The van der Waals surface area contributed by atoms with Gasteiger partial charge in [0, 0.05) is 5.94 Å². The second kappa shape index (κ2) is 4.21. The topological polar surface area (TPSA) is 60.8 Å². The number of nitrogens with zero attached hydrogens (tertiary/aromatic N) is 1. The van der Waals surface area contributed by atoms with E-state index in [1.807, 2.05) is 0 Å². The average Bonchev–Trinajstić information content (AvgIpc) is 2.39. The van der Waals surface area contributed by atoms with Gasteiger partial charge in [-0.1, -0.05) is 0 Å². The van der Waals surface area contributed by atoms with E-state index in [9.17, 15) is 22.4 Å². The van der Waals surface area contributed by atoms with Gasteiger partial charge in [0.1, 0.15) is 20.1 Å². The van der Waals surface area contributed by atoms with Crippen LogP contribution >= 0.6 is 0 Å². The van der Waals surface area contributed by atoms with Gasteiger partial charge in [0.15, 0.2) is 0 Å². The largest absolute Gasteiger partial charge is 0.471 e. The monoisotopic (exact) mass is 241 g/mol. The van der Waals surface area contributed by atoms with Crippen LogP contribution in [0.5, 0.6) is 0 Å². The molecule has 16 heavy (non-hydrogen) atoms. The fourth-order valence-corrected chi connectivity index (χ4v) is 1.58. The van der Waals surface area contributed by atoms with Crippen molar-refractivity contribution in [1.82, 2.24) is 4.90 Å². The molecule has 1 saturated heterocycles. The van der Waals surface area contributed by atoms with Crippen molar-refractivity contribution in [3.05, 3.63) is 0 Å². The average molecular weight is 241 g/mol. The maximum Gasteiger partial charge on any atom is 0.471 e. The van der Waals surface area contributed by atoms with Gasteiger partial charge in [-0.2, -0.15) is 13.2 Å². The summed E-state index contributed by atoms with van der Waals surface area (Å²) in [5.74, 6) is -4.29. The van der Waals surface area contributed by atoms with E-state index in [1.165, 1.54) is 0 Å². The molecule has 0 spiro atoms. The number of alkyl halides is 4. The Morgan fingerprint density at radius 1 is 1.44 bits per heavy atom. The summed E-state index contributed by atoms with van der Waals surface area (Å²) in [6.45, 7) is -1.00. The summed E-state index contributed by atoms with van der Waals surface area (Å²) in [6.07, 6.45) is -9.37. The molecule has 0 bridgehead atoms. The first-order valence-corrected chi connectivity index (χ1v) is 4.30. The predicted molar refractivity (Wildman–Crippen MR) is 44.2 cm³/mol. The van der Waals surface area contributed by atoms with E-state index in [1.54, 1.807) is 0 Å². The normalized spacial score (nSPS) is 35.5. The minimum atomic E-state index is -5.23. The zero-order chi connectivity index (χ0) is 12.7. The predicted octanol–water partition coefficient (Wildman–Crippen LogP) is -1.05. The molecule has 0 aromatic heterocycles. The van der Waals surface area contributed by atoms with Gasteiger partial charge >= 0.3 is 12.1 Å². The van der Waals surface area contributed by atoms with E-state index in [2.05, 4.69) is 0 Å². The fraction of sp³-hybridized carbons (Fsp3) is 0.857. The van der Waals surface area contributed by atoms with Crippen LogP contribution in [0.2, 0.25) is 0 Å². The number of likely N-dealkylation sites (tertiary alicyclic amines) is 1. The van der Waals surface area contributed by atoms with Gasteiger partial charge < -0.3 is 15.1 Å². The van der Waals surface area contributed by atoms with Crippen LogP contribution in [0.1, 0.15) is 0 Å². The Bertz CT molecular complexity index is 287. The summed E-state index contributed by atoms with van der Waals surface area (Å²) in [5.41, 5.74) is 0. The molecule has 0 aromatic rings. The van der Waals surface area contributed by atoms with Crippen LogP contribution in [0.4, 0.5) is 17.6 Å². The Morgan fingerprint density at radius 3 is 2.31 bits per heavy atom. The second-order valence-corrected chi connectivity index (χ2v) is 3.39. The van der Waals surface area contributed by atoms with E-state index in [0.717, 1.165) is 0 Å². The summed E-state index contributed by atoms with van der Waals surface area (Å²) >= 11 is 0. The number of aliphatic hydroxyl groups is 2. The molecule has 1 aliphatic heterocycles. The van der Waals surface area contributed by atoms with Gasteiger partial charge in [0.25, 0.3) is 0 Å². The number of carbonyl (C=O) groups is 1. The lowest BCUT2D eigenvalue weighted by molar-refractivity contribution is -0.188. The van der Waals surface area contributed by atoms with Crippen molar-refractivity contribution >= 4 is 13.8 Å². The van der Waals surface area contributed by atoms with Crippen molar-refractivity contribution in [1.29, 1.82) is 0 Å². The SMILES string of the molecule is [B][C@H]1[C@@H](F)[C@H](O)[C@@H](CO)N1C(=O)C(F)(F)F. The molecule has 0 aliphatic carbocycles. The standard InChI is InChI=1S/C7H8BF4NO3/c8-5-3(9)4(15)2(1-14)13(5)6(16)7(10,11)12/h2-5,14-15H,1H2/t2-,3+,4-,5-/m1/s1. The smallest absolute Gasteiger partial charge is 0.394 e. The molecule has 2 N–H and O–H groups in total. The molecule has 1 fully saturated rings. The minimum absolute atomic E-state index is 0.0741. The van der Waals surface area contributed by atoms with Crippen LogP contribution in [-0.2, 0) is 4.79 Å². The zero-order valence-electron chi connectivity index (χ0n) is 7.86. The van der Waals surface area contributed by atoms with Crippen molar-refractivity contribution < 1.29 is 32.6 Å². The van der Waals surface area contributed by atoms with Crippen LogP contribution in [0.15, 0.2) is 0 Å². The molecule has 1 amide bonds. The van der Waals surface area contributed by atoms with Crippen LogP contribution in [0, 0.1) is 0 Å². The maximum atomic E-state index is 13.1. The van der Waals surface area contributed by atoms with Crippen molar-refractivity contribution in [2.24, 2.45) is 0 Å². The third-order valence-electron chi connectivity index (χ3n) is 2.39. The lowest BCUT2D eigenvalue weighted by Crippen LogP contribution is -2.51. The van der Waals surface area contributed by atoms with Gasteiger partial charge in [0.2, 0.25) is 0 Å². The summed E-state index contributed by atoms with van der Waals surface area (Å²) in [7, 11) is 5.04. The highest BCUT2D eigenvalue weighted by Gasteiger charge is 2.54. The first-order valence-electron chi connectivity index (χ1n) is 4.30. The number of amides is 1. The Balaban J connectivity index is 2.98. The molecule has 1 rings (SSSR count). The van der Waals surface area contributed by atoms with E-state index in [0.29, 0.717) is 0 Å². The number of hydrogen-bond acceptors (Lipinski definition) is 3. The zero-order valence-corrected chi connectivity index (χ0v) is 7.86. The molecule has 4 atom stereocenters. The van der Waals surface area contributed by atoms with E-state index < -0.39 is 42.9 Å². The number of halogens is 4. The Hall–Kier alpha value is -0.825. The Kier molecular flexibility index (Phi) is 3.48. The minimum Gasteiger partial charge on any atom is -0.394 e. The first-order chi connectivity index (χ1) is 7.21. The second-order valence-electron chi connectivity index (χ2n) is 3.39. The highest BCUT2D eigenvalue weighted by atomic mass is 19.4.